The van der Waals surface area contributed by atoms with Crippen LogP contribution in [-0.2, 0) is 0 Å². The van der Waals surface area contributed by atoms with Crippen LogP contribution in [0.15, 0.2) is 0 Å². The van der Waals surface area contributed by atoms with Gasteiger partial charge in [-0.15, -0.1) is 12.3 Å². The minimum absolute atomic E-state index is 0.0236. The van der Waals surface area contributed by atoms with Crippen LogP contribution in [0.4, 0.5) is 0 Å². The fraction of sp³-hybridized carbons (Fsp3) is 0.600. The SMILES string of the molecule is C#CCC(N)CO. The normalized spacial score (nSPS) is 12.7. The minimum atomic E-state index is -0.231. The van der Waals surface area contributed by atoms with Crippen molar-refractivity contribution in [1.82, 2.24) is 0 Å². The van der Waals surface area contributed by atoms with E-state index < -0.39 is 0 Å². The molecule has 2 heteroatoms. The fourth-order valence-corrected chi connectivity index (χ4v) is 0.216. The zero-order valence-electron chi connectivity index (χ0n) is 4.09. The van der Waals surface area contributed by atoms with Crippen molar-refractivity contribution in [3.63, 3.8) is 0 Å². The predicted octanol–water partition coefficient (Wildman–Crippen LogP) is -0.671. The van der Waals surface area contributed by atoms with Crippen LogP contribution in [0.25, 0.3) is 0 Å². The summed E-state index contributed by atoms with van der Waals surface area (Å²) in [6.07, 6.45) is 5.32. The van der Waals surface area contributed by atoms with Crippen LogP contribution in [0.3, 0.4) is 0 Å². The Balaban J connectivity index is 3.03. The lowest BCUT2D eigenvalue weighted by molar-refractivity contribution is 0.267. The van der Waals surface area contributed by atoms with Gasteiger partial charge in [0.2, 0.25) is 0 Å². The highest BCUT2D eigenvalue weighted by Crippen LogP contribution is 1.79. The van der Waals surface area contributed by atoms with Gasteiger partial charge in [0.05, 0.1) is 6.61 Å². The molecule has 0 saturated heterocycles. The Morgan fingerprint density at radius 3 is 2.57 bits per heavy atom. The van der Waals surface area contributed by atoms with Crippen molar-refractivity contribution in [3.05, 3.63) is 0 Å². The van der Waals surface area contributed by atoms with Crippen molar-refractivity contribution in [3.8, 4) is 12.3 Å². The lowest BCUT2D eigenvalue weighted by Gasteiger charge is -1.98. The Morgan fingerprint density at radius 2 is 2.43 bits per heavy atom. The highest BCUT2D eigenvalue weighted by atomic mass is 16.3. The van der Waals surface area contributed by atoms with Gasteiger partial charge >= 0.3 is 0 Å². The van der Waals surface area contributed by atoms with Gasteiger partial charge in [0.15, 0.2) is 0 Å². The third-order valence-electron chi connectivity index (χ3n) is 0.615. The molecule has 0 radical (unpaired) electrons. The number of rotatable bonds is 2. The average molecular weight is 99.1 g/mol. The van der Waals surface area contributed by atoms with Crippen molar-refractivity contribution >= 4 is 0 Å². The Bertz CT molecular complexity index is 74.6. The maximum Gasteiger partial charge on any atom is 0.0591 e. The second-order valence-electron chi connectivity index (χ2n) is 1.35. The molecule has 0 aromatic carbocycles. The monoisotopic (exact) mass is 99.1 g/mol. The van der Waals surface area contributed by atoms with Gasteiger partial charge in [0.25, 0.3) is 0 Å². The molecule has 0 aromatic heterocycles. The molecule has 0 rings (SSSR count). The van der Waals surface area contributed by atoms with E-state index in [1.165, 1.54) is 0 Å². The molecule has 0 aromatic rings. The summed E-state index contributed by atoms with van der Waals surface area (Å²) in [6.45, 7) is -0.0236. The van der Waals surface area contributed by atoms with Gasteiger partial charge in [-0.05, 0) is 0 Å². The summed E-state index contributed by atoms with van der Waals surface area (Å²) in [5.41, 5.74) is 5.19. The van der Waals surface area contributed by atoms with E-state index in [-0.39, 0.29) is 12.6 Å². The summed E-state index contributed by atoms with van der Waals surface area (Å²) in [7, 11) is 0. The Kier molecular flexibility index (Phi) is 3.39. The molecular weight excluding hydrogens is 90.1 g/mol. The maximum absolute atomic E-state index is 8.25. The van der Waals surface area contributed by atoms with E-state index >= 15 is 0 Å². The van der Waals surface area contributed by atoms with Gasteiger partial charge in [-0.2, -0.15) is 0 Å². The number of hydrogen-bond acceptors (Lipinski definition) is 2. The number of terminal acetylenes is 1. The van der Waals surface area contributed by atoms with Crippen LogP contribution in [-0.4, -0.2) is 17.8 Å². The molecule has 7 heavy (non-hydrogen) atoms. The van der Waals surface area contributed by atoms with Crippen LogP contribution in [0, 0.1) is 12.3 Å². The van der Waals surface area contributed by atoms with Crippen molar-refractivity contribution in [2.45, 2.75) is 12.5 Å². The Morgan fingerprint density at radius 1 is 1.86 bits per heavy atom. The van der Waals surface area contributed by atoms with E-state index in [1.54, 1.807) is 0 Å². The van der Waals surface area contributed by atoms with Crippen LogP contribution in [0.5, 0.6) is 0 Å². The van der Waals surface area contributed by atoms with Crippen LogP contribution >= 0.6 is 0 Å². The van der Waals surface area contributed by atoms with E-state index in [0.717, 1.165) is 0 Å². The molecule has 0 aliphatic rings. The first-order chi connectivity index (χ1) is 3.31. The second-order valence-corrected chi connectivity index (χ2v) is 1.35. The van der Waals surface area contributed by atoms with E-state index in [0.29, 0.717) is 6.42 Å². The zero-order chi connectivity index (χ0) is 5.70. The second kappa shape index (κ2) is 3.66. The third kappa shape index (κ3) is 3.31. The number of aliphatic hydroxyl groups excluding tert-OH is 1. The fourth-order valence-electron chi connectivity index (χ4n) is 0.216. The minimum Gasteiger partial charge on any atom is -0.395 e. The molecular formula is C5H9NO. The van der Waals surface area contributed by atoms with Gasteiger partial charge in [-0.1, -0.05) is 0 Å². The molecule has 0 bridgehead atoms. The summed E-state index contributed by atoms with van der Waals surface area (Å²) in [4.78, 5) is 0. The van der Waals surface area contributed by atoms with Gasteiger partial charge < -0.3 is 10.8 Å². The number of hydrogen-bond donors (Lipinski definition) is 2. The molecule has 1 atom stereocenters. The van der Waals surface area contributed by atoms with Gasteiger partial charge in [0, 0.05) is 12.5 Å². The molecule has 40 valence electrons. The Labute approximate surface area is 43.3 Å². The highest BCUT2D eigenvalue weighted by Gasteiger charge is 1.92. The van der Waals surface area contributed by atoms with E-state index in [4.69, 9.17) is 17.3 Å². The van der Waals surface area contributed by atoms with Crippen LogP contribution < -0.4 is 5.73 Å². The first kappa shape index (κ1) is 6.48. The first-order valence-corrected chi connectivity index (χ1v) is 2.11. The zero-order valence-corrected chi connectivity index (χ0v) is 4.09. The summed E-state index contributed by atoms with van der Waals surface area (Å²) >= 11 is 0. The average Bonchev–Trinajstić information content (AvgIpc) is 1.68. The summed E-state index contributed by atoms with van der Waals surface area (Å²) in [5.74, 6) is 2.33. The van der Waals surface area contributed by atoms with Crippen molar-refractivity contribution in [2.24, 2.45) is 5.73 Å². The van der Waals surface area contributed by atoms with E-state index in [9.17, 15) is 0 Å². The molecule has 1 unspecified atom stereocenters. The molecule has 0 spiro atoms. The summed E-state index contributed by atoms with van der Waals surface area (Å²) < 4.78 is 0. The molecule has 0 aliphatic heterocycles. The van der Waals surface area contributed by atoms with Crippen molar-refractivity contribution < 1.29 is 5.11 Å². The molecule has 0 fully saturated rings. The molecule has 0 amide bonds. The standard InChI is InChI=1S/C5H9NO/c1-2-3-5(6)4-7/h1,5,7H,3-4,6H2. The van der Waals surface area contributed by atoms with E-state index in [2.05, 4.69) is 5.92 Å². The lowest BCUT2D eigenvalue weighted by atomic mass is 10.2. The van der Waals surface area contributed by atoms with E-state index in [1.807, 2.05) is 0 Å². The summed E-state index contributed by atoms with van der Waals surface area (Å²) in [6, 6.07) is -0.231. The van der Waals surface area contributed by atoms with Crippen molar-refractivity contribution in [1.29, 1.82) is 0 Å². The third-order valence-corrected chi connectivity index (χ3v) is 0.615. The molecule has 0 heterocycles. The number of nitrogens with two attached hydrogens (primary N) is 1. The maximum atomic E-state index is 8.25. The molecule has 2 nitrogen and oxygen atoms in total. The quantitative estimate of drug-likeness (QED) is 0.451. The van der Waals surface area contributed by atoms with Crippen molar-refractivity contribution in [2.75, 3.05) is 6.61 Å². The smallest absolute Gasteiger partial charge is 0.0591 e. The first-order valence-electron chi connectivity index (χ1n) is 2.11. The largest absolute Gasteiger partial charge is 0.395 e. The van der Waals surface area contributed by atoms with Gasteiger partial charge in [-0.25, -0.2) is 0 Å². The highest BCUT2D eigenvalue weighted by molar-refractivity contribution is 4.87. The number of aliphatic hydroxyl groups is 1. The van der Waals surface area contributed by atoms with Crippen LogP contribution in [0.1, 0.15) is 6.42 Å². The van der Waals surface area contributed by atoms with Gasteiger partial charge in [0.1, 0.15) is 0 Å². The Hall–Kier alpha value is -0.520. The molecule has 0 saturated carbocycles. The predicted molar refractivity (Wildman–Crippen MR) is 28.5 cm³/mol. The lowest BCUT2D eigenvalue weighted by Crippen LogP contribution is -2.23. The van der Waals surface area contributed by atoms with Gasteiger partial charge in [-0.3, -0.25) is 0 Å². The molecule has 0 aliphatic carbocycles. The summed E-state index contributed by atoms with van der Waals surface area (Å²) in [5, 5.41) is 8.25. The van der Waals surface area contributed by atoms with Crippen LogP contribution in [0.2, 0.25) is 0 Å². The topological polar surface area (TPSA) is 46.2 Å². The molecule has 3 N–H and O–H groups in total.